The molecule has 0 bridgehead atoms. The van der Waals surface area contributed by atoms with Gasteiger partial charge in [0, 0.05) is 43.7 Å². The third kappa shape index (κ3) is 6.02. The van der Waals surface area contributed by atoms with E-state index in [1.807, 2.05) is 24.8 Å². The first-order valence-electron chi connectivity index (χ1n) is 8.60. The van der Waals surface area contributed by atoms with Crippen molar-refractivity contribution in [2.24, 2.45) is 4.99 Å². The highest BCUT2D eigenvalue weighted by molar-refractivity contribution is 8.00. The molecule has 146 valence electrons. The number of guanidine groups is 1. The first-order valence-corrected chi connectivity index (χ1v) is 9.82. The number of hydrogen-bond donors (Lipinski definition) is 2. The molecule has 1 aromatic carbocycles. The summed E-state index contributed by atoms with van der Waals surface area (Å²) in [5, 5.41) is 6.53. The van der Waals surface area contributed by atoms with E-state index in [-0.39, 0.29) is 10.5 Å². The lowest BCUT2D eigenvalue weighted by molar-refractivity contribution is -0.0504. The number of halogens is 2. The van der Waals surface area contributed by atoms with Crippen molar-refractivity contribution >= 4 is 17.7 Å². The van der Waals surface area contributed by atoms with Gasteiger partial charge in [-0.1, -0.05) is 17.7 Å². The van der Waals surface area contributed by atoms with Gasteiger partial charge >= 0.3 is 6.61 Å². The molecule has 1 aliphatic heterocycles. The van der Waals surface area contributed by atoms with Crippen molar-refractivity contribution in [2.75, 3.05) is 33.1 Å². The van der Waals surface area contributed by atoms with E-state index in [9.17, 15) is 8.78 Å². The second-order valence-electron chi connectivity index (χ2n) is 6.27. The predicted molar refractivity (Wildman–Crippen MR) is 102 cm³/mol. The van der Waals surface area contributed by atoms with Gasteiger partial charge in [0.25, 0.3) is 0 Å². The summed E-state index contributed by atoms with van der Waals surface area (Å²) in [4.78, 5) is 4.23. The maximum absolute atomic E-state index is 12.6. The van der Waals surface area contributed by atoms with Crippen LogP contribution in [0.15, 0.2) is 23.2 Å². The average Bonchev–Trinajstić information content (AvgIpc) is 2.64. The van der Waals surface area contributed by atoms with Crippen LogP contribution in [0, 0.1) is 6.92 Å². The molecule has 0 spiro atoms. The van der Waals surface area contributed by atoms with Gasteiger partial charge in [-0.15, -0.1) is 0 Å². The minimum Gasteiger partial charge on any atom is -0.434 e. The molecule has 8 heteroatoms. The fourth-order valence-corrected chi connectivity index (χ4v) is 3.69. The molecule has 1 aliphatic rings. The third-order valence-electron chi connectivity index (χ3n) is 4.52. The Kier molecular flexibility index (Phi) is 7.96. The molecule has 0 saturated carbocycles. The van der Waals surface area contributed by atoms with E-state index in [0.717, 1.165) is 38.2 Å². The van der Waals surface area contributed by atoms with Crippen molar-refractivity contribution < 1.29 is 18.3 Å². The van der Waals surface area contributed by atoms with Crippen LogP contribution in [0.1, 0.15) is 24.0 Å². The molecule has 0 unspecified atom stereocenters. The average molecular weight is 387 g/mol. The molecular formula is C18H27F2N3O2S. The van der Waals surface area contributed by atoms with Crippen molar-refractivity contribution in [1.82, 2.24) is 10.6 Å². The lowest BCUT2D eigenvalue weighted by atomic mass is 9.99. The number of aliphatic imine (C=N–C) groups is 1. The molecular weight excluding hydrogens is 360 g/mol. The topological polar surface area (TPSA) is 54.9 Å². The highest BCUT2D eigenvalue weighted by Gasteiger charge is 2.31. The Bertz CT molecular complexity index is 608. The summed E-state index contributed by atoms with van der Waals surface area (Å²) in [6.45, 7) is 1.72. The summed E-state index contributed by atoms with van der Waals surface area (Å²) in [5.74, 6) is 0.813. The number of hydrogen-bond acceptors (Lipinski definition) is 4. The number of thioether (sulfide) groups is 1. The normalized spacial score (nSPS) is 17.2. The van der Waals surface area contributed by atoms with E-state index in [4.69, 9.17) is 4.74 Å². The van der Waals surface area contributed by atoms with Crippen molar-refractivity contribution in [1.29, 1.82) is 0 Å². The largest absolute Gasteiger partial charge is 0.434 e. The molecule has 0 radical (unpaired) electrons. The smallest absolute Gasteiger partial charge is 0.387 e. The fraction of sp³-hybridized carbons (Fsp3) is 0.611. The van der Waals surface area contributed by atoms with E-state index in [2.05, 4.69) is 26.6 Å². The van der Waals surface area contributed by atoms with Gasteiger partial charge in [-0.2, -0.15) is 20.5 Å². The van der Waals surface area contributed by atoms with Gasteiger partial charge in [0.2, 0.25) is 0 Å². The number of benzene rings is 1. The van der Waals surface area contributed by atoms with E-state index in [1.165, 1.54) is 0 Å². The number of ether oxygens (including phenoxy) is 2. The van der Waals surface area contributed by atoms with Crippen molar-refractivity contribution in [3.8, 4) is 5.75 Å². The molecule has 0 aliphatic carbocycles. The summed E-state index contributed by atoms with van der Waals surface area (Å²) < 4.78 is 35.4. The highest BCUT2D eigenvalue weighted by atomic mass is 32.2. The quantitative estimate of drug-likeness (QED) is 0.556. The van der Waals surface area contributed by atoms with E-state index >= 15 is 0 Å². The Morgan fingerprint density at radius 1 is 1.35 bits per heavy atom. The van der Waals surface area contributed by atoms with Crippen LogP contribution in [-0.4, -0.2) is 50.4 Å². The molecule has 0 amide bonds. The monoisotopic (exact) mass is 387 g/mol. The van der Waals surface area contributed by atoms with Crippen LogP contribution >= 0.6 is 11.8 Å². The zero-order valence-electron chi connectivity index (χ0n) is 15.5. The van der Waals surface area contributed by atoms with E-state index in [0.29, 0.717) is 18.1 Å². The fourth-order valence-electron chi connectivity index (χ4n) is 2.90. The van der Waals surface area contributed by atoms with Crippen LogP contribution in [0.4, 0.5) is 8.78 Å². The molecule has 2 N–H and O–H groups in total. The van der Waals surface area contributed by atoms with Gasteiger partial charge in [-0.25, -0.2) is 0 Å². The lowest BCUT2D eigenvalue weighted by Crippen LogP contribution is -2.47. The summed E-state index contributed by atoms with van der Waals surface area (Å²) >= 11 is 1.84. The lowest BCUT2D eigenvalue weighted by Gasteiger charge is -2.36. The Hall–Kier alpha value is -1.54. The minimum atomic E-state index is -2.84. The Balaban J connectivity index is 1.95. The van der Waals surface area contributed by atoms with Gasteiger partial charge in [0.1, 0.15) is 5.75 Å². The number of rotatable bonds is 7. The molecule has 0 atom stereocenters. The van der Waals surface area contributed by atoms with Crippen LogP contribution in [0.5, 0.6) is 5.75 Å². The Labute approximate surface area is 157 Å². The first-order chi connectivity index (χ1) is 12.5. The van der Waals surface area contributed by atoms with Gasteiger partial charge in [0.15, 0.2) is 5.96 Å². The predicted octanol–water partition coefficient (Wildman–Crippen LogP) is 3.17. The maximum atomic E-state index is 12.6. The number of aryl methyl sites for hydroxylation is 1. The van der Waals surface area contributed by atoms with Crippen LogP contribution in [0.3, 0.4) is 0 Å². The molecule has 26 heavy (non-hydrogen) atoms. The first kappa shape index (κ1) is 20.8. The summed E-state index contributed by atoms with van der Waals surface area (Å²) in [6.07, 6.45) is 4.09. The SMILES string of the molecule is CN=C(NCc1cc(C)ccc1OC(F)F)NCC1(SC)CCOCC1. The molecule has 1 fully saturated rings. The third-order valence-corrected chi connectivity index (χ3v) is 5.94. The van der Waals surface area contributed by atoms with Gasteiger partial charge in [0.05, 0.1) is 0 Å². The molecule has 1 saturated heterocycles. The van der Waals surface area contributed by atoms with Crippen molar-refractivity contribution in [3.63, 3.8) is 0 Å². The Morgan fingerprint density at radius 3 is 2.69 bits per heavy atom. The van der Waals surface area contributed by atoms with Crippen molar-refractivity contribution in [3.05, 3.63) is 29.3 Å². The molecule has 0 aromatic heterocycles. The van der Waals surface area contributed by atoms with Gasteiger partial charge in [-0.3, -0.25) is 4.99 Å². The second kappa shape index (κ2) is 9.97. The zero-order chi connectivity index (χ0) is 19.0. The molecule has 2 rings (SSSR count). The Morgan fingerprint density at radius 2 is 2.08 bits per heavy atom. The minimum absolute atomic E-state index is 0.128. The summed E-state index contributed by atoms with van der Waals surface area (Å²) in [6, 6.07) is 5.15. The highest BCUT2D eigenvalue weighted by Crippen LogP contribution is 2.33. The zero-order valence-corrected chi connectivity index (χ0v) is 16.3. The van der Waals surface area contributed by atoms with Gasteiger partial charge in [-0.05, 0) is 32.1 Å². The van der Waals surface area contributed by atoms with E-state index in [1.54, 1.807) is 19.2 Å². The van der Waals surface area contributed by atoms with Crippen LogP contribution in [-0.2, 0) is 11.3 Å². The summed E-state index contributed by atoms with van der Waals surface area (Å²) in [7, 11) is 1.69. The van der Waals surface area contributed by atoms with Crippen LogP contribution in [0.2, 0.25) is 0 Å². The number of alkyl halides is 2. The standard InChI is InChI=1S/C18H27F2N3O2S/c1-13-4-5-15(25-16(19)20)14(10-13)11-22-17(21-2)23-12-18(26-3)6-8-24-9-7-18/h4-5,10,16H,6-9,11-12H2,1-3H3,(H2,21,22,23). The maximum Gasteiger partial charge on any atom is 0.387 e. The van der Waals surface area contributed by atoms with Crippen LogP contribution < -0.4 is 15.4 Å². The molecule has 1 heterocycles. The molecule has 1 aromatic rings. The number of nitrogens with one attached hydrogen (secondary N) is 2. The summed E-state index contributed by atoms with van der Waals surface area (Å²) in [5.41, 5.74) is 1.65. The van der Waals surface area contributed by atoms with Crippen molar-refractivity contribution in [2.45, 2.75) is 37.7 Å². The number of nitrogens with zero attached hydrogens (tertiary/aromatic N) is 1. The second-order valence-corrected chi connectivity index (χ2v) is 7.54. The molecule has 5 nitrogen and oxygen atoms in total. The van der Waals surface area contributed by atoms with E-state index < -0.39 is 6.61 Å². The van der Waals surface area contributed by atoms with Crippen LogP contribution in [0.25, 0.3) is 0 Å². The van der Waals surface area contributed by atoms with Gasteiger partial charge < -0.3 is 20.1 Å².